The summed E-state index contributed by atoms with van der Waals surface area (Å²) in [5.41, 5.74) is 0. The summed E-state index contributed by atoms with van der Waals surface area (Å²) in [5, 5.41) is 9.98. The maximum absolute atomic E-state index is 11.9. The summed E-state index contributed by atoms with van der Waals surface area (Å²) in [6.45, 7) is 3.03. The minimum atomic E-state index is -1.74. The fraction of sp³-hybridized carbons (Fsp3) is 0.647. The largest absolute Gasteiger partial charge is 0.455 e. The molecule has 0 aromatic rings. The number of ether oxygens (including phenoxy) is 4. The molecule has 11 heteroatoms. The number of carbonyl (C=O) groups excluding carboxylic acids is 6. The van der Waals surface area contributed by atoms with Gasteiger partial charge in [0.1, 0.15) is 36.6 Å². The predicted octanol–water partition coefficient (Wildman–Crippen LogP) is -0.992. The molecular weight excluding hydrogens is 380 g/mol. The van der Waals surface area contributed by atoms with Crippen molar-refractivity contribution in [2.24, 2.45) is 0 Å². The normalized spacial score (nSPS) is 24.0. The minimum absolute atomic E-state index is 0.427. The lowest BCUT2D eigenvalue weighted by Gasteiger charge is -2.38. The van der Waals surface area contributed by atoms with Crippen LogP contribution >= 0.6 is 0 Å². The molecule has 1 saturated heterocycles. The van der Waals surface area contributed by atoms with Gasteiger partial charge in [0.25, 0.3) is 0 Å². The lowest BCUT2D eigenvalue weighted by atomic mass is 10.0. The minimum Gasteiger partial charge on any atom is -0.455 e. The van der Waals surface area contributed by atoms with Gasteiger partial charge in [-0.15, -0.1) is 0 Å². The van der Waals surface area contributed by atoms with Gasteiger partial charge in [-0.2, -0.15) is 0 Å². The molecule has 28 heavy (non-hydrogen) atoms. The van der Waals surface area contributed by atoms with E-state index in [0.29, 0.717) is 0 Å². The highest BCUT2D eigenvalue weighted by molar-refractivity contribution is 5.95. The standard InChI is InChI=1S/C17H22O11/c1-8(18)4-12(21)26-11-7-25-17(24)16(28-14(23)6-10(3)20)15(11)27-13(22)5-9(2)19/h11,15-17,24H,4-7H2,1-3H3/t11-,15+,16-,17-/m1/s1. The molecule has 0 saturated carbocycles. The van der Waals surface area contributed by atoms with Crippen molar-refractivity contribution in [1.82, 2.24) is 0 Å². The van der Waals surface area contributed by atoms with Crippen LogP contribution in [0.1, 0.15) is 40.0 Å². The average molecular weight is 402 g/mol. The van der Waals surface area contributed by atoms with Crippen LogP contribution in [0.3, 0.4) is 0 Å². The highest BCUT2D eigenvalue weighted by atomic mass is 16.7. The van der Waals surface area contributed by atoms with Gasteiger partial charge in [0, 0.05) is 0 Å². The first kappa shape index (κ1) is 23.4. The van der Waals surface area contributed by atoms with Crippen LogP contribution in [-0.4, -0.2) is 71.6 Å². The summed E-state index contributed by atoms with van der Waals surface area (Å²) in [5.74, 6) is -4.47. The van der Waals surface area contributed by atoms with E-state index in [1.54, 1.807) is 0 Å². The van der Waals surface area contributed by atoms with Crippen molar-refractivity contribution < 1.29 is 52.8 Å². The van der Waals surface area contributed by atoms with Gasteiger partial charge in [-0.25, -0.2) is 0 Å². The Bertz CT molecular complexity index is 653. The molecule has 4 atom stereocenters. The van der Waals surface area contributed by atoms with E-state index in [1.165, 1.54) is 6.92 Å². The molecule has 1 fully saturated rings. The molecule has 0 aromatic carbocycles. The number of rotatable bonds is 9. The first-order valence-corrected chi connectivity index (χ1v) is 8.36. The zero-order chi connectivity index (χ0) is 21.4. The van der Waals surface area contributed by atoms with Gasteiger partial charge >= 0.3 is 17.9 Å². The number of esters is 3. The third-order valence-corrected chi connectivity index (χ3v) is 3.40. The highest BCUT2D eigenvalue weighted by Crippen LogP contribution is 2.24. The van der Waals surface area contributed by atoms with E-state index in [-0.39, 0.29) is 0 Å². The molecule has 0 amide bonds. The van der Waals surface area contributed by atoms with Gasteiger partial charge in [-0.05, 0) is 20.8 Å². The zero-order valence-corrected chi connectivity index (χ0v) is 15.7. The molecule has 11 nitrogen and oxygen atoms in total. The van der Waals surface area contributed by atoms with E-state index in [9.17, 15) is 33.9 Å². The van der Waals surface area contributed by atoms with Crippen LogP contribution < -0.4 is 0 Å². The van der Waals surface area contributed by atoms with E-state index in [4.69, 9.17) is 18.9 Å². The molecule has 1 rings (SSSR count). The van der Waals surface area contributed by atoms with Gasteiger partial charge in [-0.1, -0.05) is 0 Å². The monoisotopic (exact) mass is 402 g/mol. The molecule has 1 N–H and O–H groups in total. The van der Waals surface area contributed by atoms with Crippen LogP contribution in [0.15, 0.2) is 0 Å². The molecule has 0 aromatic heterocycles. The Balaban J connectivity index is 3.01. The number of aliphatic hydroxyl groups is 1. The second kappa shape index (κ2) is 10.6. The molecule has 1 aliphatic rings. The van der Waals surface area contributed by atoms with E-state index in [0.717, 1.165) is 13.8 Å². The summed E-state index contributed by atoms with van der Waals surface area (Å²) in [6, 6.07) is 0. The third-order valence-electron chi connectivity index (χ3n) is 3.40. The van der Waals surface area contributed by atoms with Crippen molar-refractivity contribution in [3.63, 3.8) is 0 Å². The first-order valence-electron chi connectivity index (χ1n) is 8.36. The zero-order valence-electron chi connectivity index (χ0n) is 15.7. The summed E-state index contributed by atoms with van der Waals surface area (Å²) >= 11 is 0. The van der Waals surface area contributed by atoms with E-state index in [2.05, 4.69) is 0 Å². The van der Waals surface area contributed by atoms with Crippen LogP contribution in [0, 0.1) is 0 Å². The maximum atomic E-state index is 11.9. The number of aliphatic hydroxyl groups excluding tert-OH is 1. The van der Waals surface area contributed by atoms with Crippen molar-refractivity contribution in [2.45, 2.75) is 64.6 Å². The van der Waals surface area contributed by atoms with E-state index >= 15 is 0 Å². The van der Waals surface area contributed by atoms with Crippen molar-refractivity contribution in [3.8, 4) is 0 Å². The Hall–Kier alpha value is -2.66. The lowest BCUT2D eigenvalue weighted by molar-refractivity contribution is -0.268. The van der Waals surface area contributed by atoms with Crippen LogP contribution in [0.25, 0.3) is 0 Å². The van der Waals surface area contributed by atoms with Crippen LogP contribution in [0.5, 0.6) is 0 Å². The maximum Gasteiger partial charge on any atom is 0.313 e. The second-order valence-corrected chi connectivity index (χ2v) is 6.30. The molecule has 0 unspecified atom stereocenters. The number of ketones is 3. The quantitative estimate of drug-likeness (QED) is 0.286. The molecular formula is C17H22O11. The number of carbonyl (C=O) groups is 6. The molecule has 0 radical (unpaired) electrons. The Morgan fingerprint density at radius 3 is 1.57 bits per heavy atom. The van der Waals surface area contributed by atoms with Crippen molar-refractivity contribution in [1.29, 1.82) is 0 Å². The number of hydrogen-bond acceptors (Lipinski definition) is 11. The van der Waals surface area contributed by atoms with Crippen LogP contribution in [0.2, 0.25) is 0 Å². The molecule has 0 aliphatic carbocycles. The summed E-state index contributed by atoms with van der Waals surface area (Å²) in [7, 11) is 0. The summed E-state index contributed by atoms with van der Waals surface area (Å²) in [4.78, 5) is 68.7. The Kier molecular flexibility index (Phi) is 8.86. The average Bonchev–Trinajstić information content (AvgIpc) is 2.51. The van der Waals surface area contributed by atoms with Crippen molar-refractivity contribution >= 4 is 35.3 Å². The third kappa shape index (κ3) is 7.92. The molecule has 1 aliphatic heterocycles. The smallest absolute Gasteiger partial charge is 0.313 e. The van der Waals surface area contributed by atoms with Gasteiger partial charge in [-0.3, -0.25) is 28.8 Å². The SMILES string of the molecule is CC(=O)CC(=O)O[C@@H]1[C@@H](OC(=O)CC(C)=O)[C@H](OC(=O)CC(C)=O)CO[C@H]1O. The highest BCUT2D eigenvalue weighted by Gasteiger charge is 2.47. The Morgan fingerprint density at radius 2 is 1.14 bits per heavy atom. The van der Waals surface area contributed by atoms with Crippen LogP contribution in [0.4, 0.5) is 0 Å². The Morgan fingerprint density at radius 1 is 0.750 bits per heavy atom. The number of hydrogen-bond donors (Lipinski definition) is 1. The van der Waals surface area contributed by atoms with E-state index < -0.39 is 85.7 Å². The van der Waals surface area contributed by atoms with Gasteiger partial charge in [0.2, 0.25) is 0 Å². The molecule has 0 bridgehead atoms. The van der Waals surface area contributed by atoms with Crippen LogP contribution in [-0.2, 0) is 47.7 Å². The molecule has 1 heterocycles. The fourth-order valence-corrected chi connectivity index (χ4v) is 2.33. The summed E-state index contributed by atoms with van der Waals surface area (Å²) in [6.07, 6.45) is -7.95. The Labute approximate surface area is 160 Å². The topological polar surface area (TPSA) is 160 Å². The summed E-state index contributed by atoms with van der Waals surface area (Å²) < 4.78 is 20.1. The van der Waals surface area contributed by atoms with Gasteiger partial charge in [0.15, 0.2) is 24.6 Å². The lowest BCUT2D eigenvalue weighted by Crippen LogP contribution is -2.57. The number of Topliss-reactive ketones (excluding diaryl/α,β-unsaturated/α-hetero) is 3. The van der Waals surface area contributed by atoms with Crippen molar-refractivity contribution in [2.75, 3.05) is 6.61 Å². The van der Waals surface area contributed by atoms with Gasteiger partial charge < -0.3 is 24.1 Å². The predicted molar refractivity (Wildman–Crippen MR) is 87.5 cm³/mol. The molecule has 156 valence electrons. The second-order valence-electron chi connectivity index (χ2n) is 6.30. The fourth-order valence-electron chi connectivity index (χ4n) is 2.33. The first-order chi connectivity index (χ1) is 13.0. The molecule has 0 spiro atoms. The van der Waals surface area contributed by atoms with Crippen molar-refractivity contribution in [3.05, 3.63) is 0 Å². The van der Waals surface area contributed by atoms with E-state index in [1.807, 2.05) is 0 Å². The van der Waals surface area contributed by atoms with Gasteiger partial charge in [0.05, 0.1) is 6.61 Å².